The van der Waals surface area contributed by atoms with Crippen molar-refractivity contribution in [2.24, 2.45) is 0 Å². The van der Waals surface area contributed by atoms with Crippen LogP contribution in [0.25, 0.3) is 0 Å². The van der Waals surface area contributed by atoms with Gasteiger partial charge in [0, 0.05) is 18.6 Å². The van der Waals surface area contributed by atoms with Gasteiger partial charge in [0.1, 0.15) is 6.10 Å². The number of ether oxygens (including phenoxy) is 1. The van der Waals surface area contributed by atoms with Gasteiger partial charge in [-0.1, -0.05) is 39.3 Å². The van der Waals surface area contributed by atoms with Crippen molar-refractivity contribution in [2.75, 3.05) is 6.54 Å². The molecule has 0 amide bonds. The highest BCUT2D eigenvalue weighted by atomic mass is 16.5. The number of esters is 1. The summed E-state index contributed by atoms with van der Waals surface area (Å²) in [5.74, 6) is -0.222. The molecule has 0 N–H and O–H groups in total. The van der Waals surface area contributed by atoms with Crippen molar-refractivity contribution in [3.8, 4) is 0 Å². The van der Waals surface area contributed by atoms with Crippen molar-refractivity contribution in [3.63, 3.8) is 0 Å². The molecule has 2 rings (SSSR count). The number of carbonyl (C=O) groups is 1. The first-order valence-corrected chi connectivity index (χ1v) is 9.25. The Labute approximate surface area is 147 Å². The van der Waals surface area contributed by atoms with Crippen LogP contribution in [0.5, 0.6) is 0 Å². The Kier molecular flexibility index (Phi) is 6.08. The van der Waals surface area contributed by atoms with E-state index < -0.39 is 0 Å². The highest BCUT2D eigenvalue weighted by Gasteiger charge is 2.27. The third-order valence-corrected chi connectivity index (χ3v) is 5.14. The third-order valence-electron chi connectivity index (χ3n) is 5.14. The number of benzene rings is 1. The van der Waals surface area contributed by atoms with Gasteiger partial charge in [-0.2, -0.15) is 0 Å². The Hall–Kier alpha value is -1.35. The van der Waals surface area contributed by atoms with Gasteiger partial charge in [0.05, 0.1) is 5.56 Å². The highest BCUT2D eigenvalue weighted by Crippen LogP contribution is 2.24. The molecule has 1 aromatic rings. The fourth-order valence-electron chi connectivity index (χ4n) is 3.53. The molecule has 1 aliphatic rings. The second kappa shape index (κ2) is 7.69. The highest BCUT2D eigenvalue weighted by molar-refractivity contribution is 5.89. The van der Waals surface area contributed by atoms with Crippen LogP contribution in [0.4, 0.5) is 0 Å². The van der Waals surface area contributed by atoms with Gasteiger partial charge in [-0.3, -0.25) is 4.90 Å². The minimum absolute atomic E-state index is 0.0935. The van der Waals surface area contributed by atoms with E-state index >= 15 is 0 Å². The van der Waals surface area contributed by atoms with Gasteiger partial charge in [0.15, 0.2) is 0 Å². The Bertz CT molecular complexity index is 534. The minimum atomic E-state index is -0.222. The van der Waals surface area contributed by atoms with Gasteiger partial charge >= 0.3 is 5.97 Å². The molecule has 1 saturated heterocycles. The zero-order valence-corrected chi connectivity index (χ0v) is 16.1. The van der Waals surface area contributed by atoms with Crippen LogP contribution in [0.1, 0.15) is 76.7 Å². The van der Waals surface area contributed by atoms with Crippen LogP contribution in [0.15, 0.2) is 24.3 Å². The maximum atomic E-state index is 12.4. The monoisotopic (exact) mass is 331 g/mol. The SMILES string of the molecule is CC(CN1C(C)CCCC1C)OC(=O)c1ccc(C(C)(C)C)cc1. The summed E-state index contributed by atoms with van der Waals surface area (Å²) in [4.78, 5) is 14.9. The summed E-state index contributed by atoms with van der Waals surface area (Å²) in [7, 11) is 0. The predicted molar refractivity (Wildman–Crippen MR) is 99.5 cm³/mol. The first-order valence-electron chi connectivity index (χ1n) is 9.25. The summed E-state index contributed by atoms with van der Waals surface area (Å²) in [6.45, 7) is 13.9. The number of rotatable bonds is 4. The lowest BCUT2D eigenvalue weighted by molar-refractivity contribution is 0.00811. The molecule has 1 heterocycles. The van der Waals surface area contributed by atoms with Gasteiger partial charge in [0.2, 0.25) is 0 Å². The van der Waals surface area contributed by atoms with E-state index in [0.29, 0.717) is 17.6 Å². The topological polar surface area (TPSA) is 29.5 Å². The summed E-state index contributed by atoms with van der Waals surface area (Å²) >= 11 is 0. The summed E-state index contributed by atoms with van der Waals surface area (Å²) in [5.41, 5.74) is 1.95. The predicted octanol–water partition coefficient (Wildman–Crippen LogP) is 4.79. The number of likely N-dealkylation sites (tertiary alicyclic amines) is 1. The summed E-state index contributed by atoms with van der Waals surface area (Å²) < 4.78 is 5.68. The van der Waals surface area contributed by atoms with Crippen LogP contribution in [0.2, 0.25) is 0 Å². The lowest BCUT2D eigenvalue weighted by atomic mass is 9.87. The van der Waals surface area contributed by atoms with Crippen molar-refractivity contribution in [1.82, 2.24) is 4.90 Å². The van der Waals surface area contributed by atoms with E-state index in [9.17, 15) is 4.79 Å². The molecular formula is C21H33NO2. The van der Waals surface area contributed by atoms with Crippen molar-refractivity contribution < 1.29 is 9.53 Å². The van der Waals surface area contributed by atoms with Crippen LogP contribution in [-0.2, 0) is 10.2 Å². The van der Waals surface area contributed by atoms with Gasteiger partial charge in [-0.25, -0.2) is 4.79 Å². The van der Waals surface area contributed by atoms with Crippen LogP contribution < -0.4 is 0 Å². The quantitative estimate of drug-likeness (QED) is 0.743. The first-order chi connectivity index (χ1) is 11.2. The normalized spacial score (nSPS) is 23.8. The second-order valence-corrected chi connectivity index (χ2v) is 8.37. The molecule has 0 aliphatic carbocycles. The van der Waals surface area contributed by atoms with Crippen LogP contribution in [-0.4, -0.2) is 35.6 Å². The van der Waals surface area contributed by atoms with E-state index in [-0.39, 0.29) is 17.5 Å². The molecule has 134 valence electrons. The summed E-state index contributed by atoms with van der Waals surface area (Å²) in [5, 5.41) is 0. The molecule has 3 unspecified atom stereocenters. The zero-order chi connectivity index (χ0) is 17.9. The van der Waals surface area contributed by atoms with Crippen molar-refractivity contribution in [2.45, 2.75) is 84.4 Å². The molecule has 0 saturated carbocycles. The standard InChI is InChI=1S/C21H33NO2/c1-15-8-7-9-16(2)22(15)14-17(3)24-20(23)18-10-12-19(13-11-18)21(4,5)6/h10-13,15-17H,7-9,14H2,1-6H3. The molecule has 1 fully saturated rings. The molecule has 0 bridgehead atoms. The maximum absolute atomic E-state index is 12.4. The zero-order valence-electron chi connectivity index (χ0n) is 16.1. The molecule has 1 aromatic carbocycles. The van der Waals surface area contributed by atoms with E-state index in [0.717, 1.165) is 6.54 Å². The number of piperidine rings is 1. The maximum Gasteiger partial charge on any atom is 0.338 e. The smallest absolute Gasteiger partial charge is 0.338 e. The van der Waals surface area contributed by atoms with Crippen molar-refractivity contribution in [1.29, 1.82) is 0 Å². The first kappa shape index (κ1) is 19.0. The van der Waals surface area contributed by atoms with Crippen LogP contribution in [0.3, 0.4) is 0 Å². The Morgan fingerprint density at radius 1 is 1.17 bits per heavy atom. The average Bonchev–Trinajstić information content (AvgIpc) is 2.50. The number of hydrogen-bond donors (Lipinski definition) is 0. The number of hydrogen-bond acceptors (Lipinski definition) is 3. The van der Waals surface area contributed by atoms with E-state index in [1.54, 1.807) is 0 Å². The number of carbonyl (C=O) groups excluding carboxylic acids is 1. The Balaban J connectivity index is 1.93. The van der Waals surface area contributed by atoms with Crippen molar-refractivity contribution in [3.05, 3.63) is 35.4 Å². The molecule has 3 nitrogen and oxygen atoms in total. The molecule has 0 spiro atoms. The van der Waals surface area contributed by atoms with E-state index in [1.807, 2.05) is 31.2 Å². The van der Waals surface area contributed by atoms with Gasteiger partial charge < -0.3 is 4.74 Å². The fraction of sp³-hybridized carbons (Fsp3) is 0.667. The van der Waals surface area contributed by atoms with Crippen LogP contribution >= 0.6 is 0 Å². The lowest BCUT2D eigenvalue weighted by Crippen LogP contribution is -2.47. The molecular weight excluding hydrogens is 298 g/mol. The van der Waals surface area contributed by atoms with Crippen LogP contribution in [0, 0.1) is 0 Å². The van der Waals surface area contributed by atoms with Crippen molar-refractivity contribution >= 4 is 5.97 Å². The summed E-state index contributed by atoms with van der Waals surface area (Å²) in [6, 6.07) is 8.94. The van der Waals surface area contributed by atoms with Gasteiger partial charge in [-0.05, 0) is 56.7 Å². The minimum Gasteiger partial charge on any atom is -0.458 e. The molecule has 0 radical (unpaired) electrons. The van der Waals surface area contributed by atoms with Gasteiger partial charge in [-0.15, -0.1) is 0 Å². The molecule has 3 heteroatoms. The van der Waals surface area contributed by atoms with E-state index in [4.69, 9.17) is 4.74 Å². The lowest BCUT2D eigenvalue weighted by Gasteiger charge is -2.40. The average molecular weight is 332 g/mol. The molecule has 24 heavy (non-hydrogen) atoms. The Morgan fingerprint density at radius 2 is 1.71 bits per heavy atom. The third kappa shape index (κ3) is 4.83. The van der Waals surface area contributed by atoms with Gasteiger partial charge in [0.25, 0.3) is 0 Å². The molecule has 0 aromatic heterocycles. The number of nitrogens with zero attached hydrogens (tertiary/aromatic N) is 1. The summed E-state index contributed by atoms with van der Waals surface area (Å²) in [6.07, 6.45) is 3.67. The molecule has 1 aliphatic heterocycles. The molecule has 3 atom stereocenters. The fourth-order valence-corrected chi connectivity index (χ4v) is 3.53. The largest absolute Gasteiger partial charge is 0.458 e. The van der Waals surface area contributed by atoms with E-state index in [2.05, 4.69) is 39.5 Å². The van der Waals surface area contributed by atoms with E-state index in [1.165, 1.54) is 24.8 Å². The second-order valence-electron chi connectivity index (χ2n) is 8.37. The Morgan fingerprint density at radius 3 is 2.21 bits per heavy atom.